The second-order valence-corrected chi connectivity index (χ2v) is 12.4. The number of thiazole rings is 1. The minimum absolute atomic E-state index is 0.000567. The summed E-state index contributed by atoms with van der Waals surface area (Å²) in [5, 5.41) is 34.1. The highest BCUT2D eigenvalue weighted by atomic mass is 32.1. The molecular formula is C27H41NO7S. The highest BCUT2D eigenvalue weighted by Crippen LogP contribution is 2.53. The van der Waals surface area contributed by atoms with E-state index in [-0.39, 0.29) is 24.7 Å². The van der Waals surface area contributed by atoms with E-state index in [4.69, 9.17) is 9.47 Å². The average Bonchev–Trinajstić information content (AvgIpc) is 3.13. The molecule has 6 unspecified atom stereocenters. The maximum absolute atomic E-state index is 13.1. The van der Waals surface area contributed by atoms with Crippen LogP contribution in [0.3, 0.4) is 0 Å². The predicted molar refractivity (Wildman–Crippen MR) is 137 cm³/mol. The Morgan fingerprint density at radius 2 is 1.94 bits per heavy atom. The highest BCUT2D eigenvalue weighted by molar-refractivity contribution is 7.09. The van der Waals surface area contributed by atoms with Gasteiger partial charge in [0, 0.05) is 23.1 Å². The second-order valence-electron chi connectivity index (χ2n) is 11.5. The number of ketones is 1. The lowest BCUT2D eigenvalue weighted by Gasteiger charge is -2.30. The molecule has 0 radical (unpaired) electrons. The molecule has 2 aliphatic rings. The van der Waals surface area contributed by atoms with Crippen LogP contribution in [0, 0.1) is 17.3 Å². The van der Waals surface area contributed by atoms with Gasteiger partial charge in [-0.1, -0.05) is 40.5 Å². The van der Waals surface area contributed by atoms with Gasteiger partial charge in [-0.2, -0.15) is 0 Å². The number of hydrogen-bond acceptors (Lipinski definition) is 9. The summed E-state index contributed by atoms with van der Waals surface area (Å²) in [5.74, 6) is -2.09. The standard InChI is InChI=1S/C27H41NO7S/c1-16-8-7-10-26(6)27(33,35-26)24(32)22(17(2)13-19-15-36-20(14-29)28-19)34-21(30)9-11-25(4,5)23(31)18(3)12-16/h13,15-16,18,22,24,29,32-33H,7-12,14H2,1-6H3. The van der Waals surface area contributed by atoms with Crippen molar-refractivity contribution in [3.63, 3.8) is 0 Å². The van der Waals surface area contributed by atoms with Crippen molar-refractivity contribution in [3.05, 3.63) is 21.7 Å². The zero-order valence-electron chi connectivity index (χ0n) is 22.2. The van der Waals surface area contributed by atoms with E-state index in [0.717, 1.165) is 19.3 Å². The molecule has 0 aliphatic carbocycles. The Hall–Kier alpha value is -1.65. The number of carbonyl (C=O) groups excluding carboxylic acids is 2. The van der Waals surface area contributed by atoms with E-state index >= 15 is 0 Å². The third-order valence-corrected chi connectivity index (χ3v) is 8.60. The number of cyclic esters (lactones) is 1. The van der Waals surface area contributed by atoms with Gasteiger partial charge in [-0.05, 0) is 50.7 Å². The summed E-state index contributed by atoms with van der Waals surface area (Å²) in [4.78, 5) is 30.4. The third kappa shape index (κ3) is 6.25. The summed E-state index contributed by atoms with van der Waals surface area (Å²) in [6.07, 6.45) is 2.21. The van der Waals surface area contributed by atoms with E-state index in [1.54, 1.807) is 25.3 Å². The van der Waals surface area contributed by atoms with Crippen LogP contribution in [0.15, 0.2) is 11.0 Å². The van der Waals surface area contributed by atoms with E-state index in [2.05, 4.69) is 11.9 Å². The SMILES string of the molecule is CC(=Cc1csc(CO)n1)C1OC(=O)CCC(C)(C)C(=O)C(C)CC(C)CCCC2(C)OC2(O)C1O. The van der Waals surface area contributed by atoms with Gasteiger partial charge >= 0.3 is 5.97 Å². The van der Waals surface area contributed by atoms with Crippen molar-refractivity contribution in [2.24, 2.45) is 17.3 Å². The van der Waals surface area contributed by atoms with E-state index in [0.29, 0.717) is 35.0 Å². The van der Waals surface area contributed by atoms with Crippen LogP contribution < -0.4 is 0 Å². The molecule has 0 spiro atoms. The molecule has 2 fully saturated rings. The van der Waals surface area contributed by atoms with Crippen molar-refractivity contribution in [3.8, 4) is 0 Å². The molecule has 2 saturated heterocycles. The topological polar surface area (TPSA) is 129 Å². The Kier molecular flexibility index (Phi) is 8.83. The van der Waals surface area contributed by atoms with Gasteiger partial charge in [-0.25, -0.2) is 4.98 Å². The van der Waals surface area contributed by atoms with Gasteiger partial charge in [0.25, 0.3) is 0 Å². The number of aliphatic hydroxyl groups excluding tert-OH is 2. The molecule has 0 amide bonds. The fraction of sp³-hybridized carbons (Fsp3) is 0.741. The van der Waals surface area contributed by atoms with E-state index < -0.39 is 35.0 Å². The Balaban J connectivity index is 1.90. The normalized spacial score (nSPS) is 36.8. The number of aliphatic hydroxyl groups is 3. The zero-order chi connectivity index (χ0) is 26.9. The van der Waals surface area contributed by atoms with Gasteiger partial charge < -0.3 is 24.8 Å². The van der Waals surface area contributed by atoms with Gasteiger partial charge in [0.15, 0.2) is 12.2 Å². The van der Waals surface area contributed by atoms with Crippen LogP contribution in [0.1, 0.15) is 90.8 Å². The van der Waals surface area contributed by atoms with Gasteiger partial charge in [0.2, 0.25) is 5.79 Å². The molecule has 0 bridgehead atoms. The summed E-state index contributed by atoms with van der Waals surface area (Å²) >= 11 is 1.29. The minimum atomic E-state index is -1.85. The number of ether oxygens (including phenoxy) is 2. The number of hydrogen-bond donors (Lipinski definition) is 3. The summed E-state index contributed by atoms with van der Waals surface area (Å²) in [7, 11) is 0. The summed E-state index contributed by atoms with van der Waals surface area (Å²) in [6.45, 7) is 11.1. The first-order valence-corrected chi connectivity index (χ1v) is 13.7. The number of carbonyl (C=O) groups is 2. The van der Waals surface area contributed by atoms with Gasteiger partial charge in [-0.3, -0.25) is 9.59 Å². The molecule has 1 aromatic rings. The van der Waals surface area contributed by atoms with E-state index in [1.165, 1.54) is 11.3 Å². The van der Waals surface area contributed by atoms with Crippen LogP contribution in [0.25, 0.3) is 6.08 Å². The van der Waals surface area contributed by atoms with Crippen molar-refractivity contribution in [1.82, 2.24) is 4.98 Å². The first kappa shape index (κ1) is 28.9. The number of esters is 1. The van der Waals surface area contributed by atoms with Crippen LogP contribution in [0.4, 0.5) is 0 Å². The number of epoxide rings is 1. The van der Waals surface area contributed by atoms with Crippen molar-refractivity contribution in [2.45, 2.75) is 110 Å². The minimum Gasteiger partial charge on any atom is -0.455 e. The van der Waals surface area contributed by atoms with Crippen molar-refractivity contribution in [2.75, 3.05) is 0 Å². The van der Waals surface area contributed by atoms with Crippen molar-refractivity contribution in [1.29, 1.82) is 0 Å². The van der Waals surface area contributed by atoms with Crippen LogP contribution in [0.2, 0.25) is 0 Å². The molecular weight excluding hydrogens is 482 g/mol. The Morgan fingerprint density at radius 1 is 1.25 bits per heavy atom. The summed E-state index contributed by atoms with van der Waals surface area (Å²) in [5.41, 5.74) is -0.623. The van der Waals surface area contributed by atoms with Crippen LogP contribution in [0.5, 0.6) is 0 Å². The Morgan fingerprint density at radius 3 is 2.58 bits per heavy atom. The second kappa shape index (κ2) is 11.0. The average molecular weight is 524 g/mol. The molecule has 8 nitrogen and oxygen atoms in total. The number of fused-ring (bicyclic) bond motifs is 1. The van der Waals surface area contributed by atoms with Gasteiger partial charge in [0.1, 0.15) is 16.4 Å². The van der Waals surface area contributed by atoms with Crippen molar-refractivity contribution < 1.29 is 34.4 Å². The largest absolute Gasteiger partial charge is 0.455 e. The molecule has 3 heterocycles. The summed E-state index contributed by atoms with van der Waals surface area (Å²) in [6, 6.07) is 0. The molecule has 0 aromatic carbocycles. The fourth-order valence-electron chi connectivity index (χ4n) is 5.33. The molecule has 3 rings (SSSR count). The molecule has 36 heavy (non-hydrogen) atoms. The lowest BCUT2D eigenvalue weighted by molar-refractivity contribution is -0.165. The zero-order valence-corrected chi connectivity index (χ0v) is 23.1. The molecule has 1 aromatic heterocycles. The molecule has 0 saturated carbocycles. The quantitative estimate of drug-likeness (QED) is 0.400. The third-order valence-electron chi connectivity index (χ3n) is 7.75. The number of rotatable bonds is 3. The highest BCUT2D eigenvalue weighted by Gasteiger charge is 2.71. The fourth-order valence-corrected chi connectivity index (χ4v) is 5.94. The first-order valence-electron chi connectivity index (χ1n) is 12.8. The number of aromatic nitrogens is 1. The van der Waals surface area contributed by atoms with E-state index in [1.807, 2.05) is 20.8 Å². The predicted octanol–water partition coefficient (Wildman–Crippen LogP) is 4.01. The Labute approximate surface area is 217 Å². The molecule has 3 N–H and O–H groups in total. The molecule has 2 aliphatic heterocycles. The maximum atomic E-state index is 13.1. The number of Topliss-reactive ketones (excluding diaryl/α,β-unsaturated/α-hetero) is 1. The van der Waals surface area contributed by atoms with Gasteiger partial charge in [-0.15, -0.1) is 11.3 Å². The number of nitrogens with zero attached hydrogens (tertiary/aromatic N) is 1. The van der Waals surface area contributed by atoms with Gasteiger partial charge in [0.05, 0.1) is 12.3 Å². The van der Waals surface area contributed by atoms with Crippen LogP contribution in [-0.2, 0) is 25.7 Å². The smallest absolute Gasteiger partial charge is 0.306 e. The van der Waals surface area contributed by atoms with Crippen LogP contribution >= 0.6 is 11.3 Å². The first-order chi connectivity index (χ1) is 16.7. The van der Waals surface area contributed by atoms with Crippen molar-refractivity contribution >= 4 is 29.2 Å². The lowest BCUT2D eigenvalue weighted by Crippen LogP contribution is -2.47. The Bertz CT molecular complexity index is 989. The summed E-state index contributed by atoms with van der Waals surface area (Å²) < 4.78 is 11.4. The monoisotopic (exact) mass is 523 g/mol. The maximum Gasteiger partial charge on any atom is 0.306 e. The molecule has 202 valence electrons. The lowest BCUT2D eigenvalue weighted by atomic mass is 9.75. The van der Waals surface area contributed by atoms with E-state index in [9.17, 15) is 24.9 Å². The van der Waals surface area contributed by atoms with Crippen LogP contribution in [-0.4, -0.2) is 55.7 Å². The molecule has 6 atom stereocenters. The molecule has 9 heteroatoms.